The van der Waals surface area contributed by atoms with Crippen molar-refractivity contribution in [1.82, 2.24) is 5.32 Å². The third kappa shape index (κ3) is 4.61. The Balaban J connectivity index is 2.13. The van der Waals surface area contributed by atoms with E-state index in [0.29, 0.717) is 12.0 Å². The van der Waals surface area contributed by atoms with Gasteiger partial charge in [-0.05, 0) is 48.7 Å². The predicted molar refractivity (Wildman–Crippen MR) is 85.4 cm³/mol. The lowest BCUT2D eigenvalue weighted by Crippen LogP contribution is -2.33. The van der Waals surface area contributed by atoms with Crippen LogP contribution in [0.5, 0.6) is 0 Å². The first-order valence-corrected chi connectivity index (χ1v) is 7.80. The van der Waals surface area contributed by atoms with Crippen LogP contribution in [-0.4, -0.2) is 12.6 Å². The molecule has 0 saturated carbocycles. The van der Waals surface area contributed by atoms with E-state index in [-0.39, 0.29) is 6.04 Å². The maximum atomic E-state index is 13.8. The van der Waals surface area contributed by atoms with Crippen molar-refractivity contribution < 1.29 is 8.78 Å². The summed E-state index contributed by atoms with van der Waals surface area (Å²) in [6, 6.07) is 12.4. The summed E-state index contributed by atoms with van der Waals surface area (Å²) >= 11 is 3.45. The van der Waals surface area contributed by atoms with E-state index in [9.17, 15) is 8.78 Å². The summed E-state index contributed by atoms with van der Waals surface area (Å²) in [6.45, 7) is 2.80. The molecular weight excluding hydrogens is 336 g/mol. The van der Waals surface area contributed by atoms with E-state index in [2.05, 4.69) is 21.2 Å². The summed E-state index contributed by atoms with van der Waals surface area (Å²) in [7, 11) is 0. The normalized spacial score (nSPS) is 12.4. The van der Waals surface area contributed by atoms with Gasteiger partial charge >= 0.3 is 0 Å². The number of likely N-dealkylation sites (N-methyl/N-ethyl adjacent to an activating group) is 1. The van der Waals surface area contributed by atoms with Crippen molar-refractivity contribution in [2.24, 2.45) is 0 Å². The van der Waals surface area contributed by atoms with Crippen LogP contribution in [0.3, 0.4) is 0 Å². The van der Waals surface area contributed by atoms with Crippen LogP contribution in [0.25, 0.3) is 0 Å². The Bertz CT molecular complexity index is 601. The van der Waals surface area contributed by atoms with Gasteiger partial charge in [-0.15, -0.1) is 0 Å². The Labute approximate surface area is 132 Å². The summed E-state index contributed by atoms with van der Waals surface area (Å²) in [5.41, 5.74) is 1.57. The maximum absolute atomic E-state index is 13.8. The van der Waals surface area contributed by atoms with Crippen LogP contribution in [0.1, 0.15) is 18.1 Å². The summed E-state index contributed by atoms with van der Waals surface area (Å²) in [5, 5.41) is 3.34. The summed E-state index contributed by atoms with van der Waals surface area (Å²) in [6.07, 6.45) is 1.23. The van der Waals surface area contributed by atoms with Gasteiger partial charge in [0.25, 0.3) is 0 Å². The van der Waals surface area contributed by atoms with E-state index >= 15 is 0 Å². The standard InChI is InChI=1S/C17H18BrF2N/c1-2-21-15(10-12-5-3-7-14(18)9-12)11-13-6-4-8-16(19)17(13)20/h3-9,15,21H,2,10-11H2,1H3. The fourth-order valence-corrected chi connectivity index (χ4v) is 2.87. The fraction of sp³-hybridized carbons (Fsp3) is 0.294. The molecule has 0 heterocycles. The van der Waals surface area contributed by atoms with Crippen molar-refractivity contribution in [2.45, 2.75) is 25.8 Å². The second-order valence-electron chi connectivity index (χ2n) is 5.01. The van der Waals surface area contributed by atoms with Crippen LogP contribution in [0.4, 0.5) is 8.78 Å². The number of halogens is 3. The molecule has 2 rings (SSSR count). The zero-order valence-corrected chi connectivity index (χ0v) is 13.5. The molecule has 0 aromatic heterocycles. The molecule has 0 bridgehead atoms. The minimum atomic E-state index is -0.787. The van der Waals surface area contributed by atoms with E-state index in [1.54, 1.807) is 12.1 Å². The second kappa shape index (κ2) is 7.66. The molecule has 1 atom stereocenters. The number of hydrogen-bond acceptors (Lipinski definition) is 1. The first-order valence-electron chi connectivity index (χ1n) is 7.01. The minimum Gasteiger partial charge on any atom is -0.314 e. The van der Waals surface area contributed by atoms with Crippen molar-refractivity contribution in [3.63, 3.8) is 0 Å². The zero-order chi connectivity index (χ0) is 15.2. The second-order valence-corrected chi connectivity index (χ2v) is 5.92. The minimum absolute atomic E-state index is 0.0700. The van der Waals surface area contributed by atoms with Crippen molar-refractivity contribution in [3.05, 3.63) is 69.7 Å². The molecule has 0 saturated heterocycles. The Kier molecular flexibility index (Phi) is 5.88. The van der Waals surface area contributed by atoms with E-state index in [1.165, 1.54) is 0 Å². The Morgan fingerprint density at radius 1 is 1.10 bits per heavy atom. The van der Waals surface area contributed by atoms with Gasteiger partial charge in [0.05, 0.1) is 0 Å². The quantitative estimate of drug-likeness (QED) is 0.806. The number of hydrogen-bond donors (Lipinski definition) is 1. The molecule has 0 aliphatic carbocycles. The molecule has 0 spiro atoms. The molecule has 2 aromatic rings. The van der Waals surface area contributed by atoms with Gasteiger partial charge in [0.2, 0.25) is 0 Å². The lowest BCUT2D eigenvalue weighted by atomic mass is 9.98. The van der Waals surface area contributed by atoms with Gasteiger partial charge in [-0.3, -0.25) is 0 Å². The van der Waals surface area contributed by atoms with Crippen LogP contribution in [0.2, 0.25) is 0 Å². The van der Waals surface area contributed by atoms with Crippen LogP contribution in [-0.2, 0) is 12.8 Å². The van der Waals surface area contributed by atoms with Crippen LogP contribution in [0.15, 0.2) is 46.9 Å². The van der Waals surface area contributed by atoms with Crippen LogP contribution >= 0.6 is 15.9 Å². The molecule has 0 radical (unpaired) electrons. The monoisotopic (exact) mass is 353 g/mol. The van der Waals surface area contributed by atoms with Crippen molar-refractivity contribution in [1.29, 1.82) is 0 Å². The number of benzene rings is 2. The molecule has 0 aliphatic heterocycles. The van der Waals surface area contributed by atoms with Crippen molar-refractivity contribution >= 4 is 15.9 Å². The molecule has 4 heteroatoms. The van der Waals surface area contributed by atoms with Crippen LogP contribution in [0, 0.1) is 11.6 Å². The lowest BCUT2D eigenvalue weighted by molar-refractivity contribution is 0.474. The molecule has 21 heavy (non-hydrogen) atoms. The summed E-state index contributed by atoms with van der Waals surface area (Å²) in [4.78, 5) is 0. The van der Waals surface area contributed by atoms with Gasteiger partial charge in [0, 0.05) is 10.5 Å². The third-order valence-corrected chi connectivity index (χ3v) is 3.86. The van der Waals surface area contributed by atoms with Crippen molar-refractivity contribution in [2.75, 3.05) is 6.54 Å². The van der Waals surface area contributed by atoms with Crippen LogP contribution < -0.4 is 5.32 Å². The fourth-order valence-electron chi connectivity index (χ4n) is 2.43. The molecule has 0 amide bonds. The highest BCUT2D eigenvalue weighted by atomic mass is 79.9. The van der Waals surface area contributed by atoms with E-state index in [1.807, 2.05) is 31.2 Å². The van der Waals surface area contributed by atoms with Gasteiger partial charge in [0.15, 0.2) is 11.6 Å². The summed E-state index contributed by atoms with van der Waals surface area (Å²) in [5.74, 6) is -1.53. The maximum Gasteiger partial charge on any atom is 0.162 e. The predicted octanol–water partition coefficient (Wildman–Crippen LogP) is 4.49. The molecule has 0 aliphatic rings. The first kappa shape index (κ1) is 16.1. The number of rotatable bonds is 6. The molecule has 0 fully saturated rings. The Hall–Kier alpha value is -1.26. The number of nitrogens with one attached hydrogen (secondary N) is 1. The smallest absolute Gasteiger partial charge is 0.162 e. The third-order valence-electron chi connectivity index (χ3n) is 3.36. The highest BCUT2D eigenvalue weighted by molar-refractivity contribution is 9.10. The molecule has 112 valence electrons. The molecule has 1 nitrogen and oxygen atoms in total. The highest BCUT2D eigenvalue weighted by Crippen LogP contribution is 2.17. The lowest BCUT2D eigenvalue weighted by Gasteiger charge is -2.19. The topological polar surface area (TPSA) is 12.0 Å². The molecule has 2 aromatic carbocycles. The Morgan fingerprint density at radius 3 is 2.57 bits per heavy atom. The average molecular weight is 354 g/mol. The van der Waals surface area contributed by atoms with E-state index < -0.39 is 11.6 Å². The van der Waals surface area contributed by atoms with Gasteiger partial charge in [0.1, 0.15) is 0 Å². The van der Waals surface area contributed by atoms with E-state index in [4.69, 9.17) is 0 Å². The Morgan fingerprint density at radius 2 is 1.86 bits per heavy atom. The molecule has 1 N–H and O–H groups in total. The molecule has 1 unspecified atom stereocenters. The van der Waals surface area contributed by atoms with Gasteiger partial charge in [-0.25, -0.2) is 8.78 Å². The summed E-state index contributed by atoms with van der Waals surface area (Å²) < 4.78 is 28.1. The highest BCUT2D eigenvalue weighted by Gasteiger charge is 2.14. The van der Waals surface area contributed by atoms with Gasteiger partial charge in [-0.1, -0.05) is 47.1 Å². The molecular formula is C17H18BrF2N. The van der Waals surface area contributed by atoms with Gasteiger partial charge in [-0.2, -0.15) is 0 Å². The van der Waals surface area contributed by atoms with E-state index in [0.717, 1.165) is 29.1 Å². The van der Waals surface area contributed by atoms with Crippen molar-refractivity contribution in [3.8, 4) is 0 Å². The largest absolute Gasteiger partial charge is 0.314 e. The van der Waals surface area contributed by atoms with Gasteiger partial charge < -0.3 is 5.32 Å². The SMILES string of the molecule is CCNC(Cc1cccc(Br)c1)Cc1cccc(F)c1F. The average Bonchev–Trinajstić information content (AvgIpc) is 2.44. The zero-order valence-electron chi connectivity index (χ0n) is 11.9. The first-order chi connectivity index (χ1) is 10.1.